The van der Waals surface area contributed by atoms with Crippen LogP contribution >= 0.6 is 0 Å². The van der Waals surface area contributed by atoms with E-state index in [2.05, 4.69) is 20.1 Å². The number of aromatic nitrogens is 4. The van der Waals surface area contributed by atoms with Gasteiger partial charge in [-0.15, -0.1) is 0 Å². The molecule has 25 heavy (non-hydrogen) atoms. The van der Waals surface area contributed by atoms with Gasteiger partial charge in [-0.25, -0.2) is 9.48 Å². The molecule has 1 atom stereocenters. The van der Waals surface area contributed by atoms with Gasteiger partial charge in [-0.2, -0.15) is 10.1 Å². The fourth-order valence-electron chi connectivity index (χ4n) is 3.11. The van der Waals surface area contributed by atoms with Gasteiger partial charge >= 0.3 is 5.97 Å². The molecule has 1 fully saturated rings. The molecule has 9 nitrogen and oxygen atoms in total. The molecule has 0 unspecified atom stereocenters. The van der Waals surface area contributed by atoms with Gasteiger partial charge in [-0.3, -0.25) is 0 Å². The third kappa shape index (κ3) is 3.98. The summed E-state index contributed by atoms with van der Waals surface area (Å²) in [6.45, 7) is 7.18. The first-order valence-electron chi connectivity index (χ1n) is 8.59. The molecule has 1 aliphatic rings. The van der Waals surface area contributed by atoms with Gasteiger partial charge < -0.3 is 19.9 Å². The third-order valence-electron chi connectivity index (χ3n) is 4.40. The van der Waals surface area contributed by atoms with Crippen LogP contribution in [0.1, 0.15) is 47.8 Å². The predicted octanol–water partition coefficient (Wildman–Crippen LogP) is 1.21. The summed E-state index contributed by atoms with van der Waals surface area (Å²) in [7, 11) is 0. The molecule has 2 aromatic heterocycles. The average molecular weight is 348 g/mol. The molecule has 0 spiro atoms. The number of rotatable bonds is 6. The molecule has 0 aliphatic carbocycles. The van der Waals surface area contributed by atoms with Crippen LogP contribution in [0.15, 0.2) is 10.7 Å². The Morgan fingerprint density at radius 2 is 2.32 bits per heavy atom. The zero-order chi connectivity index (χ0) is 17.8. The summed E-state index contributed by atoms with van der Waals surface area (Å²) in [4.78, 5) is 18.5. The predicted molar refractivity (Wildman–Crippen MR) is 90.0 cm³/mol. The number of likely N-dealkylation sites (tertiary alicyclic amines) is 1. The number of aryl methyl sites for hydroxylation is 1. The van der Waals surface area contributed by atoms with E-state index in [1.807, 2.05) is 6.92 Å². The second-order valence-electron chi connectivity index (χ2n) is 6.21. The van der Waals surface area contributed by atoms with Crippen LogP contribution in [-0.2, 0) is 11.3 Å². The minimum Gasteiger partial charge on any atom is -0.462 e. The average Bonchev–Trinajstić information content (AvgIpc) is 3.19. The van der Waals surface area contributed by atoms with Crippen LogP contribution in [0.2, 0.25) is 0 Å². The molecule has 2 aromatic rings. The largest absolute Gasteiger partial charge is 0.462 e. The van der Waals surface area contributed by atoms with E-state index in [-0.39, 0.29) is 5.92 Å². The van der Waals surface area contributed by atoms with Crippen molar-refractivity contribution in [3.05, 3.63) is 23.5 Å². The number of nitrogen functional groups attached to an aromatic ring is 1. The third-order valence-corrected chi connectivity index (χ3v) is 4.40. The molecule has 2 N–H and O–H groups in total. The number of carbonyl (C=O) groups excluding carboxylic acids is 1. The van der Waals surface area contributed by atoms with E-state index in [1.165, 1.54) is 6.20 Å². The van der Waals surface area contributed by atoms with Crippen LogP contribution in [0.5, 0.6) is 0 Å². The number of hydrogen-bond donors (Lipinski definition) is 1. The van der Waals surface area contributed by atoms with Crippen LogP contribution in [0.4, 0.5) is 5.82 Å². The summed E-state index contributed by atoms with van der Waals surface area (Å²) in [6.07, 6.45) is 3.59. The van der Waals surface area contributed by atoms with E-state index >= 15 is 0 Å². The highest BCUT2D eigenvalue weighted by Crippen LogP contribution is 2.25. The van der Waals surface area contributed by atoms with Gasteiger partial charge in [0.25, 0.3) is 0 Å². The Bertz CT molecular complexity index is 725. The standard InChI is InChI=1S/C16H24N6O3/c1-3-24-16(23)13-9-18-22(14(13)17)8-7-21-6-4-5-12(10-21)15-19-11(2)20-25-15/h9,12H,3-8,10,17H2,1-2H3/t12-/m0/s1. The molecular weight excluding hydrogens is 324 g/mol. The number of nitrogens with zero attached hydrogens (tertiary/aromatic N) is 5. The van der Waals surface area contributed by atoms with E-state index in [4.69, 9.17) is 15.0 Å². The summed E-state index contributed by atoms with van der Waals surface area (Å²) in [5.41, 5.74) is 6.34. The molecular formula is C16H24N6O3. The highest BCUT2D eigenvalue weighted by atomic mass is 16.5. The Morgan fingerprint density at radius 3 is 3.04 bits per heavy atom. The molecule has 9 heteroatoms. The monoisotopic (exact) mass is 348 g/mol. The molecule has 1 saturated heterocycles. The van der Waals surface area contributed by atoms with Crippen LogP contribution in [-0.4, -0.2) is 57.0 Å². The Morgan fingerprint density at radius 1 is 1.48 bits per heavy atom. The van der Waals surface area contributed by atoms with E-state index in [0.717, 1.165) is 32.5 Å². The molecule has 0 saturated carbocycles. The number of ether oxygens (including phenoxy) is 1. The lowest BCUT2D eigenvalue weighted by Crippen LogP contribution is -2.36. The van der Waals surface area contributed by atoms with Crippen molar-refractivity contribution in [3.63, 3.8) is 0 Å². The first-order valence-corrected chi connectivity index (χ1v) is 8.59. The van der Waals surface area contributed by atoms with E-state index in [0.29, 0.717) is 36.2 Å². The van der Waals surface area contributed by atoms with Gasteiger partial charge in [0.15, 0.2) is 5.82 Å². The van der Waals surface area contributed by atoms with E-state index in [9.17, 15) is 4.79 Å². The minimum atomic E-state index is -0.434. The number of hydrogen-bond acceptors (Lipinski definition) is 8. The smallest absolute Gasteiger partial charge is 0.343 e. The molecule has 0 bridgehead atoms. The first-order chi connectivity index (χ1) is 12.1. The van der Waals surface area contributed by atoms with Crippen LogP contribution < -0.4 is 5.73 Å². The number of esters is 1. The molecule has 3 heterocycles. The van der Waals surface area contributed by atoms with Crippen molar-refractivity contribution in [2.45, 2.75) is 39.2 Å². The lowest BCUT2D eigenvalue weighted by molar-refractivity contribution is 0.0527. The Hall–Kier alpha value is -2.42. The Labute approximate surface area is 146 Å². The van der Waals surface area contributed by atoms with Crippen molar-refractivity contribution in [1.29, 1.82) is 0 Å². The number of nitrogens with two attached hydrogens (primary N) is 1. The lowest BCUT2D eigenvalue weighted by Gasteiger charge is -2.30. The summed E-state index contributed by atoms with van der Waals surface area (Å²) >= 11 is 0. The van der Waals surface area contributed by atoms with Crippen LogP contribution in [0, 0.1) is 6.92 Å². The Kier molecular flexibility index (Phi) is 5.32. The molecule has 1 aliphatic heterocycles. The molecule has 3 rings (SSSR count). The van der Waals surface area contributed by atoms with Crippen molar-refractivity contribution in [2.75, 3.05) is 32.0 Å². The summed E-state index contributed by atoms with van der Waals surface area (Å²) in [5, 5.41) is 8.08. The normalized spacial score (nSPS) is 18.4. The van der Waals surface area contributed by atoms with Crippen molar-refractivity contribution >= 4 is 11.8 Å². The topological polar surface area (TPSA) is 112 Å². The number of piperidine rings is 1. The molecule has 0 aromatic carbocycles. The summed E-state index contributed by atoms with van der Waals surface area (Å²) in [6, 6.07) is 0. The van der Waals surface area contributed by atoms with Gasteiger partial charge in [0.05, 0.1) is 25.3 Å². The Balaban J connectivity index is 1.57. The first kappa shape index (κ1) is 17.4. The quantitative estimate of drug-likeness (QED) is 0.775. The highest BCUT2D eigenvalue weighted by Gasteiger charge is 2.26. The van der Waals surface area contributed by atoms with Gasteiger partial charge in [-0.05, 0) is 33.2 Å². The van der Waals surface area contributed by atoms with E-state index in [1.54, 1.807) is 11.6 Å². The molecule has 0 amide bonds. The minimum absolute atomic E-state index is 0.264. The van der Waals surface area contributed by atoms with E-state index < -0.39 is 5.97 Å². The maximum atomic E-state index is 11.8. The van der Waals surface area contributed by atoms with Gasteiger partial charge in [0.1, 0.15) is 11.4 Å². The van der Waals surface area contributed by atoms with Crippen LogP contribution in [0.25, 0.3) is 0 Å². The van der Waals surface area contributed by atoms with Gasteiger partial charge in [-0.1, -0.05) is 5.16 Å². The van der Waals surface area contributed by atoms with Gasteiger partial charge in [0, 0.05) is 13.1 Å². The van der Waals surface area contributed by atoms with Crippen molar-refractivity contribution in [1.82, 2.24) is 24.8 Å². The van der Waals surface area contributed by atoms with Gasteiger partial charge in [0.2, 0.25) is 5.89 Å². The van der Waals surface area contributed by atoms with Crippen molar-refractivity contribution in [3.8, 4) is 0 Å². The fraction of sp³-hybridized carbons (Fsp3) is 0.625. The fourth-order valence-corrected chi connectivity index (χ4v) is 3.11. The number of carbonyl (C=O) groups is 1. The second-order valence-corrected chi connectivity index (χ2v) is 6.21. The molecule has 0 radical (unpaired) electrons. The zero-order valence-corrected chi connectivity index (χ0v) is 14.6. The van der Waals surface area contributed by atoms with Crippen LogP contribution in [0.3, 0.4) is 0 Å². The lowest BCUT2D eigenvalue weighted by atomic mass is 9.98. The maximum absolute atomic E-state index is 11.8. The second kappa shape index (κ2) is 7.64. The molecule has 136 valence electrons. The zero-order valence-electron chi connectivity index (χ0n) is 14.6. The maximum Gasteiger partial charge on any atom is 0.343 e. The SMILES string of the molecule is CCOC(=O)c1cnn(CCN2CCC[C@H](c3nc(C)no3)C2)c1N. The highest BCUT2D eigenvalue weighted by molar-refractivity contribution is 5.93. The number of anilines is 1. The summed E-state index contributed by atoms with van der Waals surface area (Å²) in [5.74, 6) is 1.56. The summed E-state index contributed by atoms with van der Waals surface area (Å²) < 4.78 is 11.9. The van der Waals surface area contributed by atoms with Crippen molar-refractivity contribution < 1.29 is 14.1 Å². The van der Waals surface area contributed by atoms with Crippen molar-refractivity contribution in [2.24, 2.45) is 0 Å².